The highest BCUT2D eigenvalue weighted by Gasteiger charge is 2.16. The summed E-state index contributed by atoms with van der Waals surface area (Å²) in [6.45, 7) is 3.32. The molecule has 0 fully saturated rings. The number of nitriles is 1. The summed E-state index contributed by atoms with van der Waals surface area (Å²) in [5.74, 6) is 0.484. The zero-order valence-corrected chi connectivity index (χ0v) is 10.8. The van der Waals surface area contributed by atoms with Crippen LogP contribution in [0.5, 0.6) is 11.5 Å². The Kier molecular flexibility index (Phi) is 4.55. The van der Waals surface area contributed by atoms with E-state index in [1.807, 2.05) is 13.0 Å². The molecule has 0 aliphatic carbocycles. The van der Waals surface area contributed by atoms with Gasteiger partial charge in [0.15, 0.2) is 6.10 Å². The minimum Gasteiger partial charge on any atom is -0.496 e. The number of hydrogen-bond donors (Lipinski definition) is 0. The topological polar surface area (TPSA) is 68.5 Å². The number of hydrogen-bond acceptors (Lipinski definition) is 5. The Bertz CT molecular complexity index is 465. The second kappa shape index (κ2) is 5.92. The largest absolute Gasteiger partial charge is 0.496 e. The van der Waals surface area contributed by atoms with Crippen LogP contribution in [0, 0.1) is 18.3 Å². The van der Waals surface area contributed by atoms with Crippen molar-refractivity contribution in [3.05, 3.63) is 23.3 Å². The molecule has 0 aliphatic heterocycles. The summed E-state index contributed by atoms with van der Waals surface area (Å²) in [6, 6.07) is 4.95. The molecule has 1 aromatic rings. The molecule has 18 heavy (non-hydrogen) atoms. The number of esters is 1. The summed E-state index contributed by atoms with van der Waals surface area (Å²) >= 11 is 0. The molecule has 0 spiro atoms. The van der Waals surface area contributed by atoms with Gasteiger partial charge in [0.2, 0.25) is 0 Å². The van der Waals surface area contributed by atoms with Gasteiger partial charge in [0.1, 0.15) is 17.6 Å². The average molecular weight is 249 g/mol. The van der Waals surface area contributed by atoms with E-state index in [9.17, 15) is 4.79 Å². The van der Waals surface area contributed by atoms with Gasteiger partial charge in [0.05, 0.1) is 19.8 Å². The first-order valence-electron chi connectivity index (χ1n) is 5.36. The van der Waals surface area contributed by atoms with Crippen LogP contribution in [0.3, 0.4) is 0 Å². The zero-order valence-electron chi connectivity index (χ0n) is 10.8. The lowest BCUT2D eigenvalue weighted by molar-refractivity contribution is 0.0434. The molecule has 0 aromatic heterocycles. The molecular weight excluding hydrogens is 234 g/mol. The van der Waals surface area contributed by atoms with E-state index in [1.165, 1.54) is 21.1 Å². The molecule has 5 heteroatoms. The predicted octanol–water partition coefficient (Wildman–Crippen LogP) is 2.08. The van der Waals surface area contributed by atoms with Crippen LogP contribution in [0.4, 0.5) is 0 Å². The Morgan fingerprint density at radius 2 is 1.78 bits per heavy atom. The smallest absolute Gasteiger partial charge is 0.339 e. The Hall–Kier alpha value is -2.22. The number of nitrogens with zero attached hydrogens (tertiary/aromatic N) is 1. The molecule has 0 unspecified atom stereocenters. The number of methoxy groups -OCH3 is 2. The molecule has 0 radical (unpaired) electrons. The molecule has 1 atom stereocenters. The third kappa shape index (κ3) is 2.92. The van der Waals surface area contributed by atoms with Gasteiger partial charge in [-0.25, -0.2) is 4.79 Å². The van der Waals surface area contributed by atoms with Crippen molar-refractivity contribution in [1.29, 1.82) is 5.26 Å². The lowest BCUT2D eigenvalue weighted by atomic mass is 10.1. The average Bonchev–Trinajstić information content (AvgIpc) is 2.38. The molecule has 0 saturated heterocycles. The van der Waals surface area contributed by atoms with E-state index in [2.05, 4.69) is 0 Å². The molecule has 1 aromatic carbocycles. The van der Waals surface area contributed by atoms with Crippen LogP contribution >= 0.6 is 0 Å². The molecule has 0 bridgehead atoms. The fourth-order valence-corrected chi connectivity index (χ4v) is 1.46. The molecule has 0 heterocycles. The van der Waals surface area contributed by atoms with Gasteiger partial charge in [0, 0.05) is 5.56 Å². The van der Waals surface area contributed by atoms with Crippen LogP contribution < -0.4 is 9.47 Å². The van der Waals surface area contributed by atoms with E-state index in [0.29, 0.717) is 11.5 Å². The third-order valence-electron chi connectivity index (χ3n) is 2.45. The van der Waals surface area contributed by atoms with E-state index in [4.69, 9.17) is 19.5 Å². The highest BCUT2D eigenvalue weighted by atomic mass is 16.5. The van der Waals surface area contributed by atoms with E-state index >= 15 is 0 Å². The van der Waals surface area contributed by atoms with Gasteiger partial charge in [-0.2, -0.15) is 5.26 Å². The number of carbonyl (C=O) groups is 1. The minimum absolute atomic E-state index is 0.288. The lowest BCUT2D eigenvalue weighted by Gasteiger charge is -2.12. The first-order valence-corrected chi connectivity index (χ1v) is 5.36. The summed E-state index contributed by atoms with van der Waals surface area (Å²) in [6.07, 6.45) is -0.796. The highest BCUT2D eigenvalue weighted by Crippen LogP contribution is 2.29. The van der Waals surface area contributed by atoms with Crippen molar-refractivity contribution in [3.8, 4) is 17.6 Å². The fourth-order valence-electron chi connectivity index (χ4n) is 1.46. The SMILES string of the molecule is COc1cc(C(=O)O[C@H](C)C#N)cc(OC)c1C. The molecule has 0 saturated carbocycles. The van der Waals surface area contributed by atoms with Crippen LogP contribution in [-0.4, -0.2) is 26.3 Å². The quantitative estimate of drug-likeness (QED) is 0.764. The summed E-state index contributed by atoms with van der Waals surface area (Å²) in [5, 5.41) is 8.60. The maximum Gasteiger partial charge on any atom is 0.339 e. The monoisotopic (exact) mass is 249 g/mol. The van der Waals surface area contributed by atoms with E-state index in [0.717, 1.165) is 5.56 Å². The van der Waals surface area contributed by atoms with Crippen LogP contribution in [-0.2, 0) is 4.74 Å². The molecule has 96 valence electrons. The third-order valence-corrected chi connectivity index (χ3v) is 2.45. The standard InChI is InChI=1S/C13H15NO4/c1-8(7-14)18-13(15)10-5-11(16-3)9(2)12(6-10)17-4/h5-6,8H,1-4H3/t8-/m1/s1. The first-order chi connectivity index (χ1) is 8.53. The second-order valence-corrected chi connectivity index (χ2v) is 3.68. The van der Waals surface area contributed by atoms with E-state index in [1.54, 1.807) is 12.1 Å². The Morgan fingerprint density at radius 1 is 1.28 bits per heavy atom. The molecule has 0 amide bonds. The van der Waals surface area contributed by atoms with Gasteiger partial charge >= 0.3 is 5.97 Å². The summed E-state index contributed by atoms with van der Waals surface area (Å²) < 4.78 is 15.2. The molecule has 0 N–H and O–H groups in total. The maximum absolute atomic E-state index is 11.8. The first kappa shape index (κ1) is 13.8. The summed E-state index contributed by atoms with van der Waals surface area (Å²) in [5.41, 5.74) is 1.08. The summed E-state index contributed by atoms with van der Waals surface area (Å²) in [4.78, 5) is 11.8. The van der Waals surface area contributed by atoms with Crippen molar-refractivity contribution in [2.24, 2.45) is 0 Å². The van der Waals surface area contributed by atoms with Crippen molar-refractivity contribution >= 4 is 5.97 Å². The van der Waals surface area contributed by atoms with Crippen LogP contribution in [0.15, 0.2) is 12.1 Å². The lowest BCUT2D eigenvalue weighted by Crippen LogP contribution is -2.13. The van der Waals surface area contributed by atoms with Crippen molar-refractivity contribution < 1.29 is 19.0 Å². The molecule has 0 aliphatic rings. The van der Waals surface area contributed by atoms with Gasteiger partial charge in [-0.1, -0.05) is 0 Å². The van der Waals surface area contributed by atoms with Crippen molar-refractivity contribution in [2.45, 2.75) is 20.0 Å². The van der Waals surface area contributed by atoms with Crippen molar-refractivity contribution in [2.75, 3.05) is 14.2 Å². The number of carbonyl (C=O) groups excluding carboxylic acids is 1. The maximum atomic E-state index is 11.8. The van der Waals surface area contributed by atoms with Gasteiger partial charge in [-0.3, -0.25) is 0 Å². The Balaban J connectivity index is 3.10. The Morgan fingerprint density at radius 3 is 2.17 bits per heavy atom. The van der Waals surface area contributed by atoms with Crippen molar-refractivity contribution in [1.82, 2.24) is 0 Å². The predicted molar refractivity (Wildman–Crippen MR) is 64.8 cm³/mol. The number of ether oxygens (including phenoxy) is 3. The number of benzene rings is 1. The van der Waals surface area contributed by atoms with E-state index < -0.39 is 12.1 Å². The molecule has 1 rings (SSSR count). The Labute approximate surface area is 106 Å². The normalized spacial score (nSPS) is 11.3. The van der Waals surface area contributed by atoms with Crippen LogP contribution in [0.2, 0.25) is 0 Å². The van der Waals surface area contributed by atoms with E-state index in [-0.39, 0.29) is 5.56 Å². The zero-order chi connectivity index (χ0) is 13.7. The molecular formula is C13H15NO4. The molecule has 5 nitrogen and oxygen atoms in total. The summed E-state index contributed by atoms with van der Waals surface area (Å²) in [7, 11) is 3.02. The number of rotatable bonds is 4. The van der Waals surface area contributed by atoms with Gasteiger partial charge in [-0.05, 0) is 26.0 Å². The van der Waals surface area contributed by atoms with Gasteiger partial charge < -0.3 is 14.2 Å². The van der Waals surface area contributed by atoms with Gasteiger partial charge in [0.25, 0.3) is 0 Å². The highest BCUT2D eigenvalue weighted by molar-refractivity contribution is 5.91. The fraction of sp³-hybridized carbons (Fsp3) is 0.385. The second-order valence-electron chi connectivity index (χ2n) is 3.68. The van der Waals surface area contributed by atoms with Crippen molar-refractivity contribution in [3.63, 3.8) is 0 Å². The van der Waals surface area contributed by atoms with Crippen LogP contribution in [0.1, 0.15) is 22.8 Å². The van der Waals surface area contributed by atoms with Crippen LogP contribution in [0.25, 0.3) is 0 Å². The van der Waals surface area contributed by atoms with Gasteiger partial charge in [-0.15, -0.1) is 0 Å². The minimum atomic E-state index is -0.796.